The molecular formula is C11H14O3. The Morgan fingerprint density at radius 1 is 1.43 bits per heavy atom. The van der Waals surface area contributed by atoms with Crippen molar-refractivity contribution < 1.29 is 14.6 Å². The van der Waals surface area contributed by atoms with Crippen LogP contribution in [0.5, 0.6) is 5.75 Å². The minimum absolute atomic E-state index is 0.241. The molecule has 0 unspecified atom stereocenters. The zero-order valence-electron chi connectivity index (χ0n) is 8.19. The summed E-state index contributed by atoms with van der Waals surface area (Å²) in [6.45, 7) is 2.40. The predicted octanol–water partition coefficient (Wildman–Crippen LogP) is 2.00. The van der Waals surface area contributed by atoms with E-state index in [-0.39, 0.29) is 5.97 Å². The molecule has 2 bridgehead atoms. The molecule has 2 rings (SSSR count). The van der Waals surface area contributed by atoms with Crippen LogP contribution in [0.4, 0.5) is 0 Å². The number of aliphatic hydroxyl groups is 1. The van der Waals surface area contributed by atoms with Gasteiger partial charge in [-0.3, -0.25) is 0 Å². The number of hydrogen-bond donors (Lipinski definition) is 1. The van der Waals surface area contributed by atoms with Crippen LogP contribution in [0.25, 0.3) is 0 Å². The Hall–Kier alpha value is -1.35. The molecule has 76 valence electrons. The third kappa shape index (κ3) is 2.85. The van der Waals surface area contributed by atoms with Crippen molar-refractivity contribution in [1.29, 1.82) is 0 Å². The van der Waals surface area contributed by atoms with Gasteiger partial charge >= 0.3 is 5.97 Å². The molecule has 0 radical (unpaired) electrons. The van der Waals surface area contributed by atoms with Gasteiger partial charge in [-0.25, -0.2) is 4.79 Å². The summed E-state index contributed by atoms with van der Waals surface area (Å²) < 4.78 is 4.75. The fraction of sp³-hybridized carbons (Fsp3) is 0.364. The topological polar surface area (TPSA) is 46.5 Å². The molecule has 1 aromatic carbocycles. The number of hydrogen-bond acceptors (Lipinski definition) is 3. The van der Waals surface area contributed by atoms with Crippen LogP contribution in [0.2, 0.25) is 0 Å². The van der Waals surface area contributed by atoms with Crippen molar-refractivity contribution in [3.63, 3.8) is 0 Å². The molecule has 3 nitrogen and oxygen atoms in total. The summed E-state index contributed by atoms with van der Waals surface area (Å²) in [4.78, 5) is 10.7. The fourth-order valence-electron chi connectivity index (χ4n) is 1.01. The van der Waals surface area contributed by atoms with Crippen molar-refractivity contribution in [2.45, 2.75) is 19.8 Å². The zero-order valence-corrected chi connectivity index (χ0v) is 8.19. The highest BCUT2D eigenvalue weighted by molar-refractivity contribution is 5.94. The van der Waals surface area contributed by atoms with E-state index in [0.29, 0.717) is 17.9 Å². The van der Waals surface area contributed by atoms with E-state index in [0.717, 1.165) is 12.8 Å². The lowest BCUT2D eigenvalue weighted by molar-refractivity contribution is 0.0755. The molecule has 1 heterocycles. The van der Waals surface area contributed by atoms with Crippen LogP contribution < -0.4 is 4.74 Å². The Kier molecular flexibility index (Phi) is 4.13. The largest absolute Gasteiger partial charge is 0.423 e. The molecule has 0 spiro atoms. The van der Waals surface area contributed by atoms with Gasteiger partial charge in [0.05, 0.1) is 5.56 Å². The van der Waals surface area contributed by atoms with Gasteiger partial charge in [0.25, 0.3) is 0 Å². The van der Waals surface area contributed by atoms with Crippen molar-refractivity contribution >= 4 is 5.97 Å². The molecule has 0 aliphatic carbocycles. The molecule has 1 aliphatic heterocycles. The third-order valence-electron chi connectivity index (χ3n) is 1.79. The Morgan fingerprint density at radius 3 is 2.64 bits per heavy atom. The Labute approximate surface area is 83.3 Å². The number of esters is 1. The molecule has 0 atom stereocenters. The number of fused-ring (bicyclic) bond motifs is 2. The summed E-state index contributed by atoms with van der Waals surface area (Å²) in [5.74, 6) is 0.410. The number of ether oxygens (including phenoxy) is 1. The van der Waals surface area contributed by atoms with Crippen LogP contribution in [-0.2, 0) is 0 Å². The molecule has 0 amide bonds. The van der Waals surface area contributed by atoms with E-state index in [1.165, 1.54) is 0 Å². The summed E-state index contributed by atoms with van der Waals surface area (Å²) in [5, 5.41) is 8.07. The van der Waals surface area contributed by atoms with Gasteiger partial charge in [-0.1, -0.05) is 19.4 Å². The maximum atomic E-state index is 10.7. The van der Waals surface area contributed by atoms with E-state index in [1.54, 1.807) is 24.3 Å². The first-order chi connectivity index (χ1) is 6.77. The van der Waals surface area contributed by atoms with Crippen LogP contribution in [0, 0.1) is 0 Å². The summed E-state index contributed by atoms with van der Waals surface area (Å²) in [5.41, 5.74) is 0.646. The van der Waals surface area contributed by atoms with Crippen LogP contribution in [-0.4, -0.2) is 17.7 Å². The van der Waals surface area contributed by atoms with Crippen molar-refractivity contribution in [1.82, 2.24) is 0 Å². The quantitative estimate of drug-likeness (QED) is 0.732. The predicted molar refractivity (Wildman–Crippen MR) is 53.4 cm³/mol. The van der Waals surface area contributed by atoms with Gasteiger partial charge in [0.1, 0.15) is 5.75 Å². The van der Waals surface area contributed by atoms with E-state index >= 15 is 0 Å². The molecule has 1 aliphatic rings. The number of carbonyl (C=O) groups is 1. The average Bonchev–Trinajstić information content (AvgIpc) is 2.43. The van der Waals surface area contributed by atoms with Crippen LogP contribution in [0.1, 0.15) is 30.1 Å². The molecule has 0 aromatic heterocycles. The number of benzene rings is 1. The van der Waals surface area contributed by atoms with Gasteiger partial charge in [-0.2, -0.15) is 0 Å². The lowest BCUT2D eigenvalue weighted by atomic mass is 10.2. The van der Waals surface area contributed by atoms with Gasteiger partial charge in [-0.15, -0.1) is 0 Å². The molecular weight excluding hydrogens is 180 g/mol. The first-order valence-corrected chi connectivity index (χ1v) is 4.71. The van der Waals surface area contributed by atoms with E-state index in [4.69, 9.17) is 9.84 Å². The smallest absolute Gasteiger partial charge is 0.343 e. The average molecular weight is 194 g/mol. The van der Waals surface area contributed by atoms with Gasteiger partial charge in [-0.05, 0) is 24.6 Å². The second kappa shape index (κ2) is 5.40. The van der Waals surface area contributed by atoms with E-state index < -0.39 is 0 Å². The highest BCUT2D eigenvalue weighted by Gasteiger charge is 2.15. The van der Waals surface area contributed by atoms with Gasteiger partial charge in [0.2, 0.25) is 0 Å². The molecule has 1 aromatic rings. The Balaban J connectivity index is 0.000000171. The summed E-state index contributed by atoms with van der Waals surface area (Å²) in [6.07, 6.45) is 2.04. The van der Waals surface area contributed by atoms with Crippen LogP contribution in [0.15, 0.2) is 24.3 Å². The third-order valence-corrected chi connectivity index (χ3v) is 1.79. The van der Waals surface area contributed by atoms with Crippen molar-refractivity contribution in [2.75, 3.05) is 6.61 Å². The Morgan fingerprint density at radius 2 is 2.21 bits per heavy atom. The number of unbranched alkanes of at least 4 members (excludes halogenated alkanes) is 1. The van der Waals surface area contributed by atoms with Crippen molar-refractivity contribution in [2.24, 2.45) is 0 Å². The van der Waals surface area contributed by atoms with Gasteiger partial charge in [0, 0.05) is 6.61 Å². The molecule has 0 saturated heterocycles. The molecule has 3 heteroatoms. The minimum atomic E-state index is -0.241. The normalized spacial score (nSPS) is 11.7. The summed E-state index contributed by atoms with van der Waals surface area (Å²) in [6, 6.07) is 7.02. The van der Waals surface area contributed by atoms with Crippen molar-refractivity contribution in [3.05, 3.63) is 29.8 Å². The second-order valence-corrected chi connectivity index (χ2v) is 2.99. The van der Waals surface area contributed by atoms with Gasteiger partial charge < -0.3 is 9.84 Å². The number of carbonyl (C=O) groups excluding carboxylic acids is 1. The maximum absolute atomic E-state index is 10.7. The van der Waals surface area contributed by atoms with Crippen LogP contribution in [0.3, 0.4) is 0 Å². The standard InChI is InChI=1S/C7H4O2.C4H10O/c8-7-5-2-1-3-6(4-5)9-7;1-2-3-4-5/h1-4H;5H,2-4H2,1H3. The molecule has 14 heavy (non-hydrogen) atoms. The molecule has 0 saturated carbocycles. The molecule has 1 N–H and O–H groups in total. The lowest BCUT2D eigenvalue weighted by Gasteiger charge is -1.86. The lowest BCUT2D eigenvalue weighted by Crippen LogP contribution is -1.98. The molecule has 0 fully saturated rings. The fourth-order valence-corrected chi connectivity index (χ4v) is 1.01. The summed E-state index contributed by atoms with van der Waals surface area (Å²) >= 11 is 0. The maximum Gasteiger partial charge on any atom is 0.343 e. The number of aliphatic hydroxyl groups excluding tert-OH is 1. The minimum Gasteiger partial charge on any atom is -0.423 e. The van der Waals surface area contributed by atoms with E-state index in [9.17, 15) is 4.79 Å². The summed E-state index contributed by atoms with van der Waals surface area (Å²) in [7, 11) is 0. The zero-order chi connectivity index (χ0) is 10.4. The first-order valence-electron chi connectivity index (χ1n) is 4.71. The monoisotopic (exact) mass is 194 g/mol. The van der Waals surface area contributed by atoms with E-state index in [1.807, 2.05) is 0 Å². The second-order valence-electron chi connectivity index (χ2n) is 2.99. The Bertz CT molecular complexity index is 305. The number of rotatable bonds is 2. The van der Waals surface area contributed by atoms with Crippen LogP contribution >= 0.6 is 0 Å². The van der Waals surface area contributed by atoms with E-state index in [2.05, 4.69) is 6.92 Å². The first kappa shape index (κ1) is 10.7. The highest BCUT2D eigenvalue weighted by atomic mass is 16.5. The van der Waals surface area contributed by atoms with Gasteiger partial charge in [0.15, 0.2) is 0 Å². The van der Waals surface area contributed by atoms with Crippen molar-refractivity contribution in [3.8, 4) is 5.75 Å². The highest BCUT2D eigenvalue weighted by Crippen LogP contribution is 2.20. The SMILES string of the molecule is CCCCO.O=C1Oc2cccc1c2.